The Kier molecular flexibility index (Phi) is 32.9. The molecular formula is C122H102N4O8S4. The standard InChI is InChI=1S/C60H48N2O4S2.C34H29NO2S.C28H25NO2S/c1-41-13-15-42(16-14-41)43-17-29-49(30-18-43)64-50-31-21-46(22-32-50)60(62-56-10-6-8-12-58(56)68-4)47-25-35-52(36-26-47)66-54-39-37-53(38-40-54)65-51-33-23-45(24-34-51)59(44-19-27-48(63-2)28-20-44)61-55-9-5-7-11-57(55)67-3;1-24-8-10-25(11-9-24)26-12-20-30(21-13-26)37-31-22-16-28(17-23-31)34(27-14-18-29(36-2)19-15-27)35-32-6-4-5-7-33(32)38-3;1-20-8-14-24(15-9-20)31-25-18-12-22(13-19-25)28(21-10-16-23(30-2)17-11-21)29-26-6-4-5-7-27(26)32-3/h5-40H,1-4H3;4-23H,1-3H3;4-19H,1-3H3. The zero-order chi connectivity index (χ0) is 95.3. The number of benzene rings is 18. The first kappa shape index (κ1) is 95.6. The van der Waals surface area contributed by atoms with Crippen molar-refractivity contribution in [2.45, 2.75) is 40.4 Å². The smallest absolute Gasteiger partial charge is 0.127 e. The Hall–Kier alpha value is -15.6. The Morgan fingerprint density at radius 2 is 0.304 bits per heavy atom. The molecule has 0 unspecified atom stereocenters. The number of methoxy groups -OCH3 is 3. The summed E-state index contributed by atoms with van der Waals surface area (Å²) in [6.07, 6.45) is 8.27. The van der Waals surface area contributed by atoms with Crippen molar-refractivity contribution in [3.63, 3.8) is 0 Å². The van der Waals surface area contributed by atoms with Crippen molar-refractivity contribution < 1.29 is 37.9 Å². The second-order valence-electron chi connectivity index (χ2n) is 31.9. The highest BCUT2D eigenvalue weighted by molar-refractivity contribution is 7.99. The lowest BCUT2D eigenvalue weighted by Gasteiger charge is -2.13. The quantitative estimate of drug-likeness (QED) is 0.0304. The van der Waals surface area contributed by atoms with Crippen LogP contribution in [0.4, 0.5) is 22.7 Å². The van der Waals surface area contributed by atoms with Crippen LogP contribution in [0.3, 0.4) is 0 Å². The summed E-state index contributed by atoms with van der Waals surface area (Å²) in [6.45, 7) is 6.26. The SMILES string of the molecule is COc1ccc(C(=Nc2ccccc2SC)c2ccc(Oc3ccc(-c4ccc(C)cc4)cc3)cc2)cc1.COc1ccc(C(=Nc2ccccc2SC)c2ccc(Oc3ccc(C)cc3)cc2)cc1.COc1ccc(C(=Nc2ccccc2SC)c2ccc(Oc3ccc(Oc4ccc(C(=Nc5ccccc5SC)c5ccc(Oc6ccc(-c7ccc(C)cc7)cc6)cc5)cc4)cc3)cc2)cc1. The summed E-state index contributed by atoms with van der Waals surface area (Å²) in [5.74, 6) is 9.91. The molecular weight excluding hydrogens is 1780 g/mol. The lowest BCUT2D eigenvalue weighted by atomic mass is 10.0. The Labute approximate surface area is 826 Å². The van der Waals surface area contributed by atoms with E-state index in [1.807, 2.05) is 315 Å². The molecule has 18 aromatic rings. The molecule has 0 bridgehead atoms. The van der Waals surface area contributed by atoms with Gasteiger partial charge in [-0.15, -0.1) is 47.0 Å². The number of rotatable bonds is 31. The minimum absolute atomic E-state index is 0.689. The average Bonchev–Trinajstić information content (AvgIpc) is 0.812. The molecule has 0 amide bonds. The molecule has 18 aromatic carbocycles. The van der Waals surface area contributed by atoms with E-state index in [0.29, 0.717) is 23.0 Å². The molecule has 0 radical (unpaired) electrons. The molecule has 0 saturated carbocycles. The third-order valence-corrected chi connectivity index (χ3v) is 25.6. The molecule has 16 heteroatoms. The van der Waals surface area contributed by atoms with Gasteiger partial charge in [-0.25, -0.2) is 20.0 Å². The van der Waals surface area contributed by atoms with E-state index >= 15 is 0 Å². The van der Waals surface area contributed by atoms with E-state index in [0.717, 1.165) is 167 Å². The van der Waals surface area contributed by atoms with Gasteiger partial charge in [-0.2, -0.15) is 0 Å². The summed E-state index contributed by atoms with van der Waals surface area (Å²) in [7, 11) is 5.02. The second kappa shape index (κ2) is 47.6. The highest BCUT2D eigenvalue weighted by Gasteiger charge is 2.19. The van der Waals surface area contributed by atoms with Gasteiger partial charge in [-0.3, -0.25) is 0 Å². The second-order valence-corrected chi connectivity index (χ2v) is 35.3. The van der Waals surface area contributed by atoms with Crippen LogP contribution in [0.5, 0.6) is 74.7 Å². The Morgan fingerprint density at radius 1 is 0.167 bits per heavy atom. The zero-order valence-corrected chi connectivity index (χ0v) is 81.5. The maximum Gasteiger partial charge on any atom is 0.127 e. The van der Waals surface area contributed by atoms with Crippen LogP contribution in [-0.2, 0) is 0 Å². The van der Waals surface area contributed by atoms with Crippen LogP contribution in [-0.4, -0.2) is 69.2 Å². The predicted molar refractivity (Wildman–Crippen MR) is 577 cm³/mol. The third kappa shape index (κ3) is 25.7. The van der Waals surface area contributed by atoms with Crippen molar-refractivity contribution in [2.24, 2.45) is 20.0 Å². The molecule has 0 aromatic heterocycles. The van der Waals surface area contributed by atoms with Crippen LogP contribution < -0.4 is 37.9 Å². The van der Waals surface area contributed by atoms with Crippen LogP contribution >= 0.6 is 47.0 Å². The number of ether oxygens (including phenoxy) is 8. The highest BCUT2D eigenvalue weighted by atomic mass is 32.2. The molecule has 0 spiro atoms. The average molecular weight is 1880 g/mol. The number of aliphatic imine (C=N–C) groups is 4. The van der Waals surface area contributed by atoms with Crippen molar-refractivity contribution in [1.29, 1.82) is 0 Å². The summed E-state index contributed by atoms with van der Waals surface area (Å²) < 4.78 is 47.1. The predicted octanol–water partition coefficient (Wildman–Crippen LogP) is 33.9. The van der Waals surface area contributed by atoms with Gasteiger partial charge in [0, 0.05) is 64.1 Å². The Balaban J connectivity index is 0.000000165. The highest BCUT2D eigenvalue weighted by Crippen LogP contribution is 2.39. The topological polar surface area (TPSA) is 123 Å². The molecule has 682 valence electrons. The minimum Gasteiger partial charge on any atom is -0.497 e. The molecule has 18 rings (SSSR count). The van der Waals surface area contributed by atoms with E-state index in [-0.39, 0.29) is 0 Å². The van der Waals surface area contributed by atoms with Gasteiger partial charge in [0.05, 0.1) is 66.9 Å². The van der Waals surface area contributed by atoms with E-state index in [1.54, 1.807) is 68.4 Å². The molecule has 0 aliphatic carbocycles. The molecule has 0 fully saturated rings. The number of thioether (sulfide) groups is 4. The number of aryl methyl sites for hydroxylation is 3. The van der Waals surface area contributed by atoms with Crippen LogP contribution in [0.1, 0.15) is 61.2 Å². The fourth-order valence-electron chi connectivity index (χ4n) is 15.0. The first-order valence-electron chi connectivity index (χ1n) is 44.9. The van der Waals surface area contributed by atoms with Gasteiger partial charge < -0.3 is 37.9 Å². The molecule has 0 saturated heterocycles. The molecule has 12 nitrogen and oxygen atoms in total. The fraction of sp³-hybridized carbons (Fsp3) is 0.0820. The van der Waals surface area contributed by atoms with Crippen LogP contribution in [0, 0.1) is 20.8 Å². The molecule has 0 aliphatic rings. The van der Waals surface area contributed by atoms with Gasteiger partial charge >= 0.3 is 0 Å². The molecule has 0 heterocycles. The molecule has 0 aliphatic heterocycles. The van der Waals surface area contributed by atoms with Gasteiger partial charge in [-0.1, -0.05) is 150 Å². The summed E-state index contributed by atoms with van der Waals surface area (Å²) in [6, 6.07) is 146. The molecule has 138 heavy (non-hydrogen) atoms. The van der Waals surface area contributed by atoms with Crippen molar-refractivity contribution in [3.05, 3.63) is 498 Å². The zero-order valence-electron chi connectivity index (χ0n) is 78.3. The number of nitrogens with zero attached hydrogens (tertiary/aromatic N) is 4. The minimum atomic E-state index is 0.689. The van der Waals surface area contributed by atoms with Gasteiger partial charge in [-0.05, 0) is 371 Å². The summed E-state index contributed by atoms with van der Waals surface area (Å²) in [4.78, 5) is 25.0. The van der Waals surface area contributed by atoms with Crippen LogP contribution in [0.2, 0.25) is 0 Å². The number of hydrogen-bond donors (Lipinski definition) is 0. The Morgan fingerprint density at radius 3 is 0.478 bits per heavy atom. The fourth-order valence-corrected chi connectivity index (χ4v) is 17.1. The van der Waals surface area contributed by atoms with Crippen molar-refractivity contribution in [2.75, 3.05) is 46.4 Å². The van der Waals surface area contributed by atoms with E-state index in [2.05, 4.69) is 167 Å². The maximum absolute atomic E-state index is 6.31. The first-order chi connectivity index (χ1) is 67.7. The number of para-hydroxylation sites is 4. The van der Waals surface area contributed by atoms with Crippen LogP contribution in [0.25, 0.3) is 22.3 Å². The van der Waals surface area contributed by atoms with E-state index in [9.17, 15) is 0 Å². The van der Waals surface area contributed by atoms with Gasteiger partial charge in [0.1, 0.15) is 74.7 Å². The van der Waals surface area contributed by atoms with E-state index < -0.39 is 0 Å². The van der Waals surface area contributed by atoms with Crippen molar-refractivity contribution >= 4 is 92.6 Å². The summed E-state index contributed by atoms with van der Waals surface area (Å²) in [5.41, 5.74) is 23.5. The van der Waals surface area contributed by atoms with Crippen LogP contribution in [0.15, 0.2) is 476 Å². The van der Waals surface area contributed by atoms with Gasteiger partial charge in [0.15, 0.2) is 0 Å². The first-order valence-corrected chi connectivity index (χ1v) is 49.8. The monoisotopic (exact) mass is 1880 g/mol. The molecule has 0 N–H and O–H groups in total. The van der Waals surface area contributed by atoms with Crippen molar-refractivity contribution in [3.8, 4) is 97.0 Å². The Bertz CT molecular complexity index is 7180. The van der Waals surface area contributed by atoms with Crippen molar-refractivity contribution in [1.82, 2.24) is 0 Å². The van der Waals surface area contributed by atoms with E-state index in [1.165, 1.54) is 33.4 Å². The lowest BCUT2D eigenvalue weighted by molar-refractivity contribution is 0.414. The molecule has 0 atom stereocenters. The summed E-state index contributed by atoms with van der Waals surface area (Å²) >= 11 is 6.73. The largest absolute Gasteiger partial charge is 0.497 e. The van der Waals surface area contributed by atoms with Gasteiger partial charge in [0.2, 0.25) is 0 Å². The lowest BCUT2D eigenvalue weighted by Crippen LogP contribution is -2.03. The summed E-state index contributed by atoms with van der Waals surface area (Å²) in [5, 5.41) is 0. The van der Waals surface area contributed by atoms with E-state index in [4.69, 9.17) is 57.9 Å². The number of hydrogen-bond acceptors (Lipinski definition) is 16. The normalized spacial score (nSPS) is 11.4. The third-order valence-electron chi connectivity index (χ3n) is 22.5. The van der Waals surface area contributed by atoms with Gasteiger partial charge in [0.25, 0.3) is 0 Å². The maximum atomic E-state index is 6.31.